The summed E-state index contributed by atoms with van der Waals surface area (Å²) in [6, 6.07) is 12.7. The highest BCUT2D eigenvalue weighted by Gasteiger charge is 2.19. The number of piperazine rings is 1. The highest BCUT2D eigenvalue weighted by atomic mass is 35.5. The number of nitrogens with one attached hydrogen (secondary N) is 1. The van der Waals surface area contributed by atoms with E-state index in [-0.39, 0.29) is 6.61 Å². The minimum absolute atomic E-state index is 0.162. The molecule has 0 bridgehead atoms. The largest absolute Gasteiger partial charge is 0.396 e. The van der Waals surface area contributed by atoms with E-state index in [0.717, 1.165) is 73.1 Å². The molecule has 1 aromatic carbocycles. The Morgan fingerprint density at radius 3 is 2.65 bits per heavy atom. The molecule has 2 N–H and O–H groups in total. The maximum absolute atomic E-state index is 9.37. The number of pyridine rings is 2. The van der Waals surface area contributed by atoms with Crippen LogP contribution < -0.4 is 10.2 Å². The third-order valence-electron chi connectivity index (χ3n) is 7.51. The van der Waals surface area contributed by atoms with Gasteiger partial charge in [0, 0.05) is 50.7 Å². The number of rotatable bonds is 7. The number of allylic oxidation sites excluding steroid dienone is 1. The van der Waals surface area contributed by atoms with Gasteiger partial charge in [-0.2, -0.15) is 0 Å². The van der Waals surface area contributed by atoms with Crippen LogP contribution in [0.25, 0.3) is 22.3 Å². The van der Waals surface area contributed by atoms with Crippen molar-refractivity contribution in [3.05, 3.63) is 77.3 Å². The number of aliphatic hydroxyl groups excluding tert-OH is 1. The van der Waals surface area contributed by atoms with Gasteiger partial charge in [-0.05, 0) is 59.8 Å². The van der Waals surface area contributed by atoms with Crippen molar-refractivity contribution in [1.29, 1.82) is 0 Å². The van der Waals surface area contributed by atoms with Crippen LogP contribution in [0.5, 0.6) is 0 Å². The summed E-state index contributed by atoms with van der Waals surface area (Å²) in [7, 11) is 0. The number of halogens is 1. The summed E-state index contributed by atoms with van der Waals surface area (Å²) in [5, 5.41) is 13.5. The molecule has 190 valence electrons. The van der Waals surface area contributed by atoms with Gasteiger partial charge in [-0.15, -0.1) is 0 Å². The van der Waals surface area contributed by atoms with E-state index < -0.39 is 0 Å². The number of hydrogen-bond acceptors (Lipinski definition) is 6. The summed E-state index contributed by atoms with van der Waals surface area (Å²) < 4.78 is 1.91. The molecule has 4 aromatic rings. The number of nitrogens with zero attached hydrogens (tertiary/aromatic N) is 5. The molecule has 37 heavy (non-hydrogen) atoms. The van der Waals surface area contributed by atoms with Crippen LogP contribution in [0.1, 0.15) is 24.5 Å². The van der Waals surface area contributed by atoms with Gasteiger partial charge in [-0.1, -0.05) is 42.8 Å². The molecular formula is C29H31ClN6O. The molecule has 0 saturated carbocycles. The Labute approximate surface area is 222 Å². The monoisotopic (exact) mass is 514 g/mol. The summed E-state index contributed by atoms with van der Waals surface area (Å²) in [4.78, 5) is 14.1. The van der Waals surface area contributed by atoms with Crippen molar-refractivity contribution in [1.82, 2.24) is 19.3 Å². The average Bonchev–Trinajstić information content (AvgIpc) is 3.59. The summed E-state index contributed by atoms with van der Waals surface area (Å²) in [6.45, 7) is 7.70. The van der Waals surface area contributed by atoms with Crippen molar-refractivity contribution in [3.63, 3.8) is 0 Å². The first-order valence-corrected chi connectivity index (χ1v) is 13.3. The molecule has 1 aliphatic carbocycles. The minimum Gasteiger partial charge on any atom is -0.396 e. The molecule has 0 unspecified atom stereocenters. The maximum atomic E-state index is 9.37. The number of aromatic nitrogens is 3. The number of anilines is 3. The quantitative estimate of drug-likeness (QED) is 0.328. The molecular weight excluding hydrogens is 484 g/mol. The predicted octanol–water partition coefficient (Wildman–Crippen LogP) is 5.26. The minimum atomic E-state index is 0.162. The van der Waals surface area contributed by atoms with Gasteiger partial charge < -0.3 is 20.2 Å². The second-order valence-electron chi connectivity index (χ2n) is 9.61. The number of likely N-dealkylation sites (N-methyl/N-ethyl adjacent to an activating group) is 1. The van der Waals surface area contributed by atoms with Crippen LogP contribution in [-0.4, -0.2) is 63.7 Å². The van der Waals surface area contributed by atoms with Crippen molar-refractivity contribution < 1.29 is 5.11 Å². The summed E-state index contributed by atoms with van der Waals surface area (Å²) in [5.41, 5.74) is 8.42. The first kappa shape index (κ1) is 24.0. The zero-order valence-electron chi connectivity index (χ0n) is 21.0. The number of benzene rings is 1. The van der Waals surface area contributed by atoms with Crippen LogP contribution in [0.15, 0.2) is 61.1 Å². The smallest absolute Gasteiger partial charge is 0.161 e. The molecule has 2 aliphatic rings. The lowest BCUT2D eigenvalue weighted by atomic mass is 9.98. The first-order valence-electron chi connectivity index (χ1n) is 12.9. The molecule has 1 aliphatic heterocycles. The van der Waals surface area contributed by atoms with E-state index in [2.05, 4.69) is 63.4 Å². The Balaban J connectivity index is 1.28. The van der Waals surface area contributed by atoms with Gasteiger partial charge in [0.15, 0.2) is 5.65 Å². The van der Waals surface area contributed by atoms with Gasteiger partial charge >= 0.3 is 0 Å². The van der Waals surface area contributed by atoms with Crippen LogP contribution in [0.2, 0.25) is 5.15 Å². The van der Waals surface area contributed by atoms with E-state index in [0.29, 0.717) is 11.6 Å². The van der Waals surface area contributed by atoms with Crippen LogP contribution in [0.3, 0.4) is 0 Å². The van der Waals surface area contributed by atoms with E-state index in [1.807, 2.05) is 22.9 Å². The van der Waals surface area contributed by atoms with Gasteiger partial charge in [0.05, 0.1) is 17.6 Å². The van der Waals surface area contributed by atoms with Gasteiger partial charge in [-0.3, -0.25) is 4.40 Å². The number of imidazole rings is 1. The van der Waals surface area contributed by atoms with Crippen molar-refractivity contribution in [2.45, 2.75) is 19.8 Å². The number of fused-ring (bicyclic) bond motifs is 2. The fourth-order valence-electron chi connectivity index (χ4n) is 5.40. The van der Waals surface area contributed by atoms with Crippen LogP contribution in [0.4, 0.5) is 17.2 Å². The molecule has 0 amide bonds. The van der Waals surface area contributed by atoms with Gasteiger partial charge in [0.2, 0.25) is 0 Å². The highest BCUT2D eigenvalue weighted by Crippen LogP contribution is 2.38. The zero-order valence-corrected chi connectivity index (χ0v) is 21.7. The molecule has 7 nitrogen and oxygen atoms in total. The molecule has 8 heteroatoms. The normalized spacial score (nSPS) is 15.8. The van der Waals surface area contributed by atoms with Crippen LogP contribution in [0, 0.1) is 0 Å². The van der Waals surface area contributed by atoms with Gasteiger partial charge in [0.25, 0.3) is 0 Å². The molecule has 6 rings (SSSR count). The van der Waals surface area contributed by atoms with E-state index in [4.69, 9.17) is 16.6 Å². The maximum Gasteiger partial charge on any atom is 0.161 e. The molecule has 3 aromatic heterocycles. The van der Waals surface area contributed by atoms with Crippen molar-refractivity contribution >= 4 is 40.0 Å². The summed E-state index contributed by atoms with van der Waals surface area (Å²) >= 11 is 6.87. The predicted molar refractivity (Wildman–Crippen MR) is 151 cm³/mol. The molecule has 4 heterocycles. The van der Waals surface area contributed by atoms with E-state index in [1.165, 1.54) is 16.7 Å². The lowest BCUT2D eigenvalue weighted by Crippen LogP contribution is -2.46. The SMILES string of the molecule is CCN1CCN(c2ccc(Nc3cc(-c4ccc5c(c4)CC=C5CCO)c(Cl)n4ccnc34)nc2)CC1. The summed E-state index contributed by atoms with van der Waals surface area (Å²) in [5.74, 6) is 0.765. The fraction of sp³-hybridized carbons (Fsp3) is 0.310. The first-order chi connectivity index (χ1) is 18.1. The number of aliphatic hydroxyl groups is 1. The second kappa shape index (κ2) is 10.2. The standard InChI is InChI=1S/C29H31ClN6O/c1-2-34-12-14-35(15-13-34)23-6-8-27(32-19-23)33-26-18-25(28(30)36-11-10-31-29(26)36)22-5-7-24-20(9-16-37)3-4-21(24)17-22/h3,5-8,10-11,17-19,37H,2,4,9,12-16H2,1H3,(H,32,33). The molecule has 0 atom stereocenters. The lowest BCUT2D eigenvalue weighted by Gasteiger charge is -2.35. The fourth-order valence-corrected chi connectivity index (χ4v) is 5.70. The molecule has 1 saturated heterocycles. The highest BCUT2D eigenvalue weighted by molar-refractivity contribution is 6.32. The van der Waals surface area contributed by atoms with Crippen LogP contribution >= 0.6 is 11.6 Å². The van der Waals surface area contributed by atoms with E-state index in [9.17, 15) is 5.11 Å². The summed E-state index contributed by atoms with van der Waals surface area (Å²) in [6.07, 6.45) is 9.35. The van der Waals surface area contributed by atoms with Crippen molar-refractivity contribution in [2.24, 2.45) is 0 Å². The van der Waals surface area contributed by atoms with Gasteiger partial charge in [-0.25, -0.2) is 9.97 Å². The second-order valence-corrected chi connectivity index (χ2v) is 9.97. The molecule has 1 fully saturated rings. The molecule has 0 radical (unpaired) electrons. The third-order valence-corrected chi connectivity index (χ3v) is 7.90. The van der Waals surface area contributed by atoms with Crippen molar-refractivity contribution in [3.8, 4) is 11.1 Å². The Bertz CT molecular complexity index is 1450. The van der Waals surface area contributed by atoms with Crippen LogP contribution in [-0.2, 0) is 6.42 Å². The van der Waals surface area contributed by atoms with Gasteiger partial charge in [0.1, 0.15) is 11.0 Å². The van der Waals surface area contributed by atoms with E-state index >= 15 is 0 Å². The van der Waals surface area contributed by atoms with E-state index in [1.54, 1.807) is 6.20 Å². The Kier molecular flexibility index (Phi) is 6.59. The Hall–Kier alpha value is -3.39. The third kappa shape index (κ3) is 4.59. The van der Waals surface area contributed by atoms with Crippen molar-refractivity contribution in [2.75, 3.05) is 49.5 Å². The molecule has 0 spiro atoms. The Morgan fingerprint density at radius 2 is 1.89 bits per heavy atom. The Morgan fingerprint density at radius 1 is 1.03 bits per heavy atom. The topological polar surface area (TPSA) is 68.9 Å². The number of hydrogen-bond donors (Lipinski definition) is 2. The lowest BCUT2D eigenvalue weighted by molar-refractivity contribution is 0.271. The zero-order chi connectivity index (χ0) is 25.4. The average molecular weight is 515 g/mol.